The van der Waals surface area contributed by atoms with Gasteiger partial charge in [-0.25, -0.2) is 0 Å². The molecular formula is C10H17NO. The second kappa shape index (κ2) is 2.46. The molecule has 3 rings (SSSR count). The first-order valence-electron chi connectivity index (χ1n) is 5.28. The van der Waals surface area contributed by atoms with Gasteiger partial charge in [0.15, 0.2) is 0 Å². The van der Waals surface area contributed by atoms with E-state index in [-0.39, 0.29) is 6.10 Å². The second-order valence-corrected chi connectivity index (χ2v) is 4.67. The van der Waals surface area contributed by atoms with Crippen LogP contribution in [0.1, 0.15) is 25.7 Å². The highest BCUT2D eigenvalue weighted by atomic mass is 16.3. The van der Waals surface area contributed by atoms with E-state index in [9.17, 15) is 5.11 Å². The van der Waals surface area contributed by atoms with Gasteiger partial charge in [-0.05, 0) is 44.7 Å². The van der Waals surface area contributed by atoms with Gasteiger partial charge in [-0.2, -0.15) is 0 Å². The monoisotopic (exact) mass is 167 g/mol. The second-order valence-electron chi connectivity index (χ2n) is 4.67. The Balaban J connectivity index is 1.89. The molecule has 4 atom stereocenters. The molecule has 2 heteroatoms. The van der Waals surface area contributed by atoms with Crippen molar-refractivity contribution in [1.82, 2.24) is 4.90 Å². The van der Waals surface area contributed by atoms with Gasteiger partial charge < -0.3 is 5.11 Å². The molecule has 0 aromatic carbocycles. The first kappa shape index (κ1) is 7.34. The Bertz CT molecular complexity index is 194. The minimum absolute atomic E-state index is 0.0225. The molecule has 0 bridgehead atoms. The molecule has 0 aromatic rings. The van der Waals surface area contributed by atoms with Crippen LogP contribution in [0.15, 0.2) is 0 Å². The van der Waals surface area contributed by atoms with Crippen molar-refractivity contribution in [2.75, 3.05) is 13.1 Å². The van der Waals surface area contributed by atoms with Crippen LogP contribution in [0.25, 0.3) is 0 Å². The number of aliphatic hydroxyl groups is 1. The molecule has 2 nitrogen and oxygen atoms in total. The summed E-state index contributed by atoms with van der Waals surface area (Å²) in [7, 11) is 0. The van der Waals surface area contributed by atoms with Gasteiger partial charge in [-0.1, -0.05) is 0 Å². The van der Waals surface area contributed by atoms with Crippen LogP contribution in [0.4, 0.5) is 0 Å². The molecule has 0 aromatic heterocycles. The molecule has 0 spiro atoms. The highest BCUT2D eigenvalue weighted by Gasteiger charge is 2.48. The van der Waals surface area contributed by atoms with Gasteiger partial charge in [-0.15, -0.1) is 0 Å². The quantitative estimate of drug-likeness (QED) is 0.578. The predicted octanol–water partition coefficient (Wildman–Crippen LogP) is 0.851. The SMILES string of the molecule is OC1CC[C@H]2CCN3CC[C@@H]1[C@@H]23. The van der Waals surface area contributed by atoms with Gasteiger partial charge >= 0.3 is 0 Å². The van der Waals surface area contributed by atoms with E-state index in [0.717, 1.165) is 18.4 Å². The summed E-state index contributed by atoms with van der Waals surface area (Å²) in [6.45, 7) is 2.56. The van der Waals surface area contributed by atoms with Crippen LogP contribution in [-0.2, 0) is 0 Å². The highest BCUT2D eigenvalue weighted by Crippen LogP contribution is 2.45. The third-order valence-electron chi connectivity index (χ3n) is 4.21. The van der Waals surface area contributed by atoms with Crippen LogP contribution in [-0.4, -0.2) is 35.2 Å². The third kappa shape index (κ3) is 0.826. The summed E-state index contributed by atoms with van der Waals surface area (Å²) in [6.07, 6.45) is 5.02. The topological polar surface area (TPSA) is 23.5 Å². The summed E-state index contributed by atoms with van der Waals surface area (Å²) in [5, 5.41) is 9.82. The number of nitrogens with zero attached hydrogens (tertiary/aromatic N) is 1. The van der Waals surface area contributed by atoms with Crippen LogP contribution in [0.2, 0.25) is 0 Å². The molecule has 2 heterocycles. The van der Waals surface area contributed by atoms with Crippen molar-refractivity contribution in [2.45, 2.75) is 37.8 Å². The summed E-state index contributed by atoms with van der Waals surface area (Å²) >= 11 is 0. The molecule has 68 valence electrons. The molecule has 1 N–H and O–H groups in total. The Morgan fingerprint density at radius 3 is 2.75 bits per heavy atom. The Labute approximate surface area is 73.6 Å². The minimum atomic E-state index is 0.0225. The first-order valence-corrected chi connectivity index (χ1v) is 5.28. The first-order chi connectivity index (χ1) is 5.86. The molecule has 12 heavy (non-hydrogen) atoms. The zero-order valence-corrected chi connectivity index (χ0v) is 7.45. The minimum Gasteiger partial charge on any atom is -0.393 e. The van der Waals surface area contributed by atoms with E-state index in [1.807, 2.05) is 0 Å². The van der Waals surface area contributed by atoms with E-state index in [1.54, 1.807) is 0 Å². The van der Waals surface area contributed by atoms with Crippen LogP contribution in [0.5, 0.6) is 0 Å². The van der Waals surface area contributed by atoms with E-state index >= 15 is 0 Å². The molecular weight excluding hydrogens is 150 g/mol. The average Bonchev–Trinajstić information content (AvgIpc) is 2.61. The van der Waals surface area contributed by atoms with Crippen molar-refractivity contribution < 1.29 is 5.11 Å². The third-order valence-corrected chi connectivity index (χ3v) is 4.21. The Morgan fingerprint density at radius 1 is 1.00 bits per heavy atom. The normalized spacial score (nSPS) is 52.8. The van der Waals surface area contributed by atoms with Crippen molar-refractivity contribution >= 4 is 0 Å². The van der Waals surface area contributed by atoms with E-state index in [2.05, 4.69) is 4.90 Å². The fourth-order valence-electron chi connectivity index (χ4n) is 3.65. The fourth-order valence-corrected chi connectivity index (χ4v) is 3.65. The molecule has 3 aliphatic rings. The lowest BCUT2D eigenvalue weighted by molar-refractivity contribution is 0.0344. The molecule has 2 aliphatic heterocycles. The maximum absolute atomic E-state index is 9.82. The van der Waals surface area contributed by atoms with Gasteiger partial charge in [0, 0.05) is 12.0 Å². The number of hydrogen-bond acceptors (Lipinski definition) is 2. The van der Waals surface area contributed by atoms with Crippen molar-refractivity contribution in [3.63, 3.8) is 0 Å². The van der Waals surface area contributed by atoms with E-state index in [4.69, 9.17) is 0 Å². The van der Waals surface area contributed by atoms with Gasteiger partial charge in [0.2, 0.25) is 0 Å². The van der Waals surface area contributed by atoms with Crippen molar-refractivity contribution in [1.29, 1.82) is 0 Å². The lowest BCUT2D eigenvalue weighted by Gasteiger charge is -2.35. The van der Waals surface area contributed by atoms with Crippen LogP contribution >= 0.6 is 0 Å². The molecule has 0 radical (unpaired) electrons. The number of aliphatic hydroxyl groups excluding tert-OH is 1. The Kier molecular flexibility index (Phi) is 1.50. The van der Waals surface area contributed by atoms with E-state index < -0.39 is 0 Å². The summed E-state index contributed by atoms with van der Waals surface area (Å²) in [6, 6.07) is 0.772. The van der Waals surface area contributed by atoms with Crippen LogP contribution in [0, 0.1) is 11.8 Å². The van der Waals surface area contributed by atoms with Gasteiger partial charge in [-0.3, -0.25) is 4.90 Å². The van der Waals surface area contributed by atoms with Crippen molar-refractivity contribution in [2.24, 2.45) is 11.8 Å². The summed E-state index contributed by atoms with van der Waals surface area (Å²) in [5.41, 5.74) is 0. The molecule has 1 unspecified atom stereocenters. The lowest BCUT2D eigenvalue weighted by Crippen LogP contribution is -2.40. The molecule has 1 saturated carbocycles. The zero-order valence-electron chi connectivity index (χ0n) is 7.45. The van der Waals surface area contributed by atoms with Crippen LogP contribution < -0.4 is 0 Å². The maximum Gasteiger partial charge on any atom is 0.0584 e. The van der Waals surface area contributed by atoms with Crippen molar-refractivity contribution in [3.05, 3.63) is 0 Å². The zero-order chi connectivity index (χ0) is 8.13. The standard InChI is InChI=1S/C10H17NO/c12-9-2-1-7-3-5-11-6-4-8(9)10(7)11/h7-10,12H,1-6H2/t7-,8-,9?,10+/m0/s1. The predicted molar refractivity (Wildman–Crippen MR) is 46.8 cm³/mol. The Hall–Kier alpha value is -0.0800. The van der Waals surface area contributed by atoms with Gasteiger partial charge in [0.25, 0.3) is 0 Å². The van der Waals surface area contributed by atoms with Gasteiger partial charge in [0.1, 0.15) is 0 Å². The maximum atomic E-state index is 9.82. The lowest BCUT2D eigenvalue weighted by atomic mass is 9.76. The Morgan fingerprint density at radius 2 is 1.83 bits per heavy atom. The number of hydrogen-bond donors (Lipinski definition) is 1. The summed E-state index contributed by atoms with van der Waals surface area (Å²) in [4.78, 5) is 2.61. The van der Waals surface area contributed by atoms with Crippen molar-refractivity contribution in [3.8, 4) is 0 Å². The summed E-state index contributed by atoms with van der Waals surface area (Å²) in [5.74, 6) is 1.56. The largest absolute Gasteiger partial charge is 0.393 e. The summed E-state index contributed by atoms with van der Waals surface area (Å²) < 4.78 is 0. The van der Waals surface area contributed by atoms with Crippen LogP contribution in [0.3, 0.4) is 0 Å². The van der Waals surface area contributed by atoms with E-state index in [1.165, 1.54) is 32.4 Å². The molecule has 3 fully saturated rings. The smallest absolute Gasteiger partial charge is 0.0584 e. The van der Waals surface area contributed by atoms with E-state index in [0.29, 0.717) is 5.92 Å². The van der Waals surface area contributed by atoms with Gasteiger partial charge in [0.05, 0.1) is 6.10 Å². The molecule has 1 aliphatic carbocycles. The highest BCUT2D eigenvalue weighted by molar-refractivity contribution is 5.02. The number of rotatable bonds is 0. The molecule has 0 amide bonds. The average molecular weight is 167 g/mol. The molecule has 2 saturated heterocycles. The fraction of sp³-hybridized carbons (Fsp3) is 1.00.